The summed E-state index contributed by atoms with van der Waals surface area (Å²) in [4.78, 5) is 17.5. The van der Waals surface area contributed by atoms with Gasteiger partial charge in [0.15, 0.2) is 0 Å². The van der Waals surface area contributed by atoms with Gasteiger partial charge in [-0.2, -0.15) is 0 Å². The summed E-state index contributed by atoms with van der Waals surface area (Å²) in [7, 11) is 0. The van der Waals surface area contributed by atoms with Gasteiger partial charge in [0.1, 0.15) is 5.60 Å². The van der Waals surface area contributed by atoms with E-state index in [9.17, 15) is 13.6 Å². The molecule has 3 rings (SSSR count). The molecule has 1 unspecified atom stereocenters. The Labute approximate surface area is 148 Å². The lowest BCUT2D eigenvalue weighted by molar-refractivity contribution is -0.151. The number of amides is 1. The van der Waals surface area contributed by atoms with E-state index in [1.807, 2.05) is 4.90 Å². The molecule has 3 aliphatic rings. The topological polar surface area (TPSA) is 48.1 Å². The summed E-state index contributed by atoms with van der Waals surface area (Å²) >= 11 is 0. The number of nitrogens with one attached hydrogen (secondary N) is 1. The number of hydrogen-bond donors (Lipinski definition) is 1. The molecule has 6 nitrogen and oxygen atoms in total. The molecule has 25 heavy (non-hydrogen) atoms. The maximum atomic E-state index is 14.6. The summed E-state index contributed by atoms with van der Waals surface area (Å²) in [6.07, 6.45) is -0.353. The number of piperidine rings is 1. The Morgan fingerprint density at radius 1 is 1.12 bits per heavy atom. The van der Waals surface area contributed by atoms with Gasteiger partial charge in [0, 0.05) is 51.9 Å². The van der Waals surface area contributed by atoms with Gasteiger partial charge in [0.25, 0.3) is 5.92 Å². The van der Waals surface area contributed by atoms with Crippen molar-refractivity contribution < 1.29 is 18.3 Å². The van der Waals surface area contributed by atoms with Gasteiger partial charge in [-0.15, -0.1) is 0 Å². The number of rotatable bonds is 2. The quantitative estimate of drug-likeness (QED) is 0.802. The average Bonchev–Trinajstić information content (AvgIpc) is 2.46. The maximum Gasteiger partial charge on any atom is 0.410 e. The van der Waals surface area contributed by atoms with E-state index < -0.39 is 30.2 Å². The van der Waals surface area contributed by atoms with Crippen molar-refractivity contribution in [3.8, 4) is 0 Å². The third-order valence-electron chi connectivity index (χ3n) is 5.21. The van der Waals surface area contributed by atoms with Crippen LogP contribution < -0.4 is 5.32 Å². The van der Waals surface area contributed by atoms with Gasteiger partial charge in [-0.25, -0.2) is 13.6 Å². The van der Waals surface area contributed by atoms with Crippen LogP contribution in [0.25, 0.3) is 0 Å². The van der Waals surface area contributed by atoms with Crippen LogP contribution in [0.4, 0.5) is 13.6 Å². The van der Waals surface area contributed by atoms with E-state index in [0.717, 1.165) is 31.1 Å². The first-order chi connectivity index (χ1) is 11.7. The molecule has 1 amide bonds. The molecule has 0 aromatic carbocycles. The van der Waals surface area contributed by atoms with E-state index >= 15 is 0 Å². The highest BCUT2D eigenvalue weighted by atomic mass is 19.3. The van der Waals surface area contributed by atoms with Gasteiger partial charge in [-0.05, 0) is 27.2 Å². The number of piperazine rings is 1. The Bertz CT molecular complexity index is 486. The lowest BCUT2D eigenvalue weighted by atomic mass is 9.93. The molecule has 0 bridgehead atoms. The van der Waals surface area contributed by atoms with Crippen molar-refractivity contribution in [2.75, 3.05) is 52.4 Å². The maximum absolute atomic E-state index is 14.6. The second kappa shape index (κ2) is 6.96. The number of nitrogens with zero attached hydrogens (tertiary/aromatic N) is 3. The molecular weight excluding hydrogens is 330 g/mol. The Hall–Kier alpha value is -0.990. The minimum Gasteiger partial charge on any atom is -0.444 e. The Kier molecular flexibility index (Phi) is 5.23. The zero-order valence-electron chi connectivity index (χ0n) is 15.4. The summed E-state index contributed by atoms with van der Waals surface area (Å²) in [5.41, 5.74) is -0.669. The number of ether oxygens (including phenoxy) is 1. The second-order valence-corrected chi connectivity index (χ2v) is 8.36. The van der Waals surface area contributed by atoms with Crippen LogP contribution >= 0.6 is 0 Å². The highest BCUT2D eigenvalue weighted by molar-refractivity contribution is 5.68. The fourth-order valence-electron chi connectivity index (χ4n) is 3.88. The van der Waals surface area contributed by atoms with Crippen LogP contribution in [0.5, 0.6) is 0 Å². The molecule has 0 spiro atoms. The Balaban J connectivity index is 1.51. The van der Waals surface area contributed by atoms with Crippen LogP contribution in [-0.2, 0) is 4.74 Å². The molecule has 0 aromatic heterocycles. The molecule has 8 heteroatoms. The zero-order chi connectivity index (χ0) is 18.2. The molecule has 3 heterocycles. The predicted molar refractivity (Wildman–Crippen MR) is 91.0 cm³/mol. The van der Waals surface area contributed by atoms with E-state index in [2.05, 4.69) is 10.2 Å². The van der Waals surface area contributed by atoms with E-state index in [-0.39, 0.29) is 0 Å². The van der Waals surface area contributed by atoms with E-state index in [0.29, 0.717) is 32.1 Å². The third-order valence-corrected chi connectivity index (χ3v) is 5.21. The molecule has 3 saturated heterocycles. The van der Waals surface area contributed by atoms with Crippen LogP contribution in [0.2, 0.25) is 0 Å². The molecule has 1 atom stereocenters. The van der Waals surface area contributed by atoms with Crippen molar-refractivity contribution in [3.05, 3.63) is 0 Å². The number of halogens is 2. The monoisotopic (exact) mass is 360 g/mol. The largest absolute Gasteiger partial charge is 0.444 e. The summed E-state index contributed by atoms with van der Waals surface area (Å²) in [6, 6.07) is -0.382. The highest BCUT2D eigenvalue weighted by Gasteiger charge is 2.52. The van der Waals surface area contributed by atoms with Gasteiger partial charge in [0.2, 0.25) is 0 Å². The fraction of sp³-hybridized carbons (Fsp3) is 0.941. The average molecular weight is 360 g/mol. The van der Waals surface area contributed by atoms with Crippen LogP contribution in [0.1, 0.15) is 27.2 Å². The van der Waals surface area contributed by atoms with Crippen molar-refractivity contribution >= 4 is 6.09 Å². The standard InChI is InChI=1S/C17H30F2N4O2/c1-16(2,3)25-15(24)22-7-4-14(17(18,19)12-22)23-10-13(11-23)21-8-5-20-6-9-21/h13-14,20H,4-12H2,1-3H3. The van der Waals surface area contributed by atoms with Gasteiger partial charge >= 0.3 is 6.09 Å². The fourth-order valence-corrected chi connectivity index (χ4v) is 3.88. The smallest absolute Gasteiger partial charge is 0.410 e. The molecule has 0 aromatic rings. The van der Waals surface area contributed by atoms with Gasteiger partial charge in [-0.1, -0.05) is 0 Å². The summed E-state index contributed by atoms with van der Waals surface area (Å²) in [5, 5.41) is 3.31. The first-order valence-corrected chi connectivity index (χ1v) is 9.20. The second-order valence-electron chi connectivity index (χ2n) is 8.36. The van der Waals surface area contributed by atoms with Crippen molar-refractivity contribution in [3.63, 3.8) is 0 Å². The molecule has 3 aliphatic heterocycles. The van der Waals surface area contributed by atoms with Crippen LogP contribution in [0.3, 0.4) is 0 Å². The number of hydrogen-bond acceptors (Lipinski definition) is 5. The third kappa shape index (κ3) is 4.41. The van der Waals surface area contributed by atoms with E-state index in [1.165, 1.54) is 0 Å². The highest BCUT2D eigenvalue weighted by Crippen LogP contribution is 2.35. The van der Waals surface area contributed by atoms with E-state index in [4.69, 9.17) is 4.74 Å². The molecule has 1 N–H and O–H groups in total. The molecule has 3 fully saturated rings. The Morgan fingerprint density at radius 2 is 1.76 bits per heavy atom. The first-order valence-electron chi connectivity index (χ1n) is 9.20. The summed E-state index contributed by atoms with van der Waals surface area (Å²) < 4.78 is 34.5. The van der Waals surface area contributed by atoms with Crippen molar-refractivity contribution in [1.82, 2.24) is 20.0 Å². The first kappa shape index (κ1) is 18.8. The van der Waals surface area contributed by atoms with E-state index in [1.54, 1.807) is 20.8 Å². The van der Waals surface area contributed by atoms with Crippen molar-refractivity contribution in [2.24, 2.45) is 0 Å². The van der Waals surface area contributed by atoms with Gasteiger partial charge < -0.3 is 15.0 Å². The number of likely N-dealkylation sites (tertiary alicyclic amines) is 2. The molecule has 144 valence electrons. The minimum absolute atomic E-state index is 0.292. The van der Waals surface area contributed by atoms with Crippen molar-refractivity contribution in [1.29, 1.82) is 0 Å². The van der Waals surface area contributed by atoms with Crippen LogP contribution in [-0.4, -0.2) is 96.8 Å². The number of alkyl halides is 2. The normalized spacial score (nSPS) is 29.3. The van der Waals surface area contributed by atoms with Crippen LogP contribution in [0.15, 0.2) is 0 Å². The minimum atomic E-state index is -2.90. The lowest BCUT2D eigenvalue weighted by Gasteiger charge is -2.53. The molecule has 0 radical (unpaired) electrons. The Morgan fingerprint density at radius 3 is 2.32 bits per heavy atom. The number of carbonyl (C=O) groups excluding carboxylic acids is 1. The molecule has 0 aliphatic carbocycles. The van der Waals surface area contributed by atoms with Gasteiger partial charge in [0.05, 0.1) is 12.6 Å². The van der Waals surface area contributed by atoms with Gasteiger partial charge in [-0.3, -0.25) is 9.80 Å². The predicted octanol–water partition coefficient (Wildman–Crippen LogP) is 1.22. The number of carbonyl (C=O) groups is 1. The SMILES string of the molecule is CC(C)(C)OC(=O)N1CCC(N2CC(N3CCNCC3)C2)C(F)(F)C1. The van der Waals surface area contributed by atoms with Crippen molar-refractivity contribution in [2.45, 2.75) is 50.8 Å². The lowest BCUT2D eigenvalue weighted by Crippen LogP contribution is -2.69. The summed E-state index contributed by atoms with van der Waals surface area (Å²) in [5.74, 6) is -2.90. The summed E-state index contributed by atoms with van der Waals surface area (Å²) in [6.45, 7) is 10.3. The van der Waals surface area contributed by atoms with Crippen LogP contribution in [0, 0.1) is 0 Å². The molecular formula is C17H30F2N4O2. The molecule has 0 saturated carbocycles. The zero-order valence-corrected chi connectivity index (χ0v) is 15.4.